The first kappa shape index (κ1) is 17.4. The summed E-state index contributed by atoms with van der Waals surface area (Å²) in [6, 6.07) is 21.2. The van der Waals surface area contributed by atoms with Gasteiger partial charge in [-0.15, -0.1) is 0 Å². The lowest BCUT2D eigenvalue weighted by Crippen LogP contribution is -1.98. The quantitative estimate of drug-likeness (QED) is 0.420. The topological polar surface area (TPSA) is 94.1 Å². The molecular formula is C21H16N4O3. The van der Waals surface area contributed by atoms with Crippen LogP contribution >= 0.6 is 0 Å². The van der Waals surface area contributed by atoms with Gasteiger partial charge in [0.15, 0.2) is 5.82 Å². The molecule has 138 valence electrons. The van der Waals surface area contributed by atoms with E-state index in [4.69, 9.17) is 0 Å². The van der Waals surface area contributed by atoms with Gasteiger partial charge in [0.1, 0.15) is 5.69 Å². The summed E-state index contributed by atoms with van der Waals surface area (Å²) in [5, 5.41) is 26.3. The summed E-state index contributed by atoms with van der Waals surface area (Å²) in [6.07, 6.45) is 2.01. The van der Waals surface area contributed by atoms with Crippen molar-refractivity contribution in [1.82, 2.24) is 14.8 Å². The number of aromatic nitrogens is 3. The van der Waals surface area contributed by atoms with Crippen molar-refractivity contribution in [3.63, 3.8) is 0 Å². The Balaban J connectivity index is 1.80. The third-order valence-corrected chi connectivity index (χ3v) is 4.40. The molecular weight excluding hydrogens is 356 g/mol. The highest BCUT2D eigenvalue weighted by molar-refractivity contribution is 5.66. The summed E-state index contributed by atoms with van der Waals surface area (Å²) in [7, 11) is 0. The van der Waals surface area contributed by atoms with E-state index in [0.29, 0.717) is 23.5 Å². The standard InChI is InChI=1S/C21H16N4O3/c26-21-18(14-15-9-11-17(12-10-15)25(27)28)20(16-6-2-1-3-7-16)23-24(21)19-8-4-5-13-22-19/h1-13,26H,14H2. The molecule has 0 aliphatic heterocycles. The van der Waals surface area contributed by atoms with E-state index < -0.39 is 4.92 Å². The first-order valence-electron chi connectivity index (χ1n) is 8.64. The fourth-order valence-corrected chi connectivity index (χ4v) is 3.01. The summed E-state index contributed by atoms with van der Waals surface area (Å²) < 4.78 is 1.41. The number of hydrogen-bond acceptors (Lipinski definition) is 5. The predicted molar refractivity (Wildman–Crippen MR) is 104 cm³/mol. The predicted octanol–water partition coefficient (Wildman–Crippen LogP) is 4.14. The van der Waals surface area contributed by atoms with Crippen molar-refractivity contribution in [2.24, 2.45) is 0 Å². The second kappa shape index (κ2) is 7.32. The lowest BCUT2D eigenvalue weighted by Gasteiger charge is -2.04. The maximum atomic E-state index is 10.9. The molecule has 2 heterocycles. The van der Waals surface area contributed by atoms with Crippen LogP contribution in [0.2, 0.25) is 0 Å². The molecule has 7 heteroatoms. The Morgan fingerprint density at radius 2 is 1.68 bits per heavy atom. The molecule has 1 N–H and O–H groups in total. The number of non-ortho nitro benzene ring substituents is 1. The minimum absolute atomic E-state index is 0.00379. The number of nitro benzene ring substituents is 1. The number of nitrogens with zero attached hydrogens (tertiary/aromatic N) is 4. The van der Waals surface area contributed by atoms with E-state index in [1.807, 2.05) is 36.4 Å². The minimum atomic E-state index is -0.435. The number of benzene rings is 2. The van der Waals surface area contributed by atoms with E-state index in [0.717, 1.165) is 11.1 Å². The van der Waals surface area contributed by atoms with E-state index in [2.05, 4.69) is 10.1 Å². The summed E-state index contributed by atoms with van der Waals surface area (Å²) in [6.45, 7) is 0. The molecule has 4 aromatic rings. The van der Waals surface area contributed by atoms with Crippen LogP contribution in [0.25, 0.3) is 17.1 Å². The monoisotopic (exact) mass is 372 g/mol. The van der Waals surface area contributed by atoms with Crippen molar-refractivity contribution in [2.75, 3.05) is 0 Å². The number of hydrogen-bond donors (Lipinski definition) is 1. The number of nitro groups is 1. The van der Waals surface area contributed by atoms with E-state index in [9.17, 15) is 15.2 Å². The van der Waals surface area contributed by atoms with Crippen LogP contribution in [-0.4, -0.2) is 24.8 Å². The zero-order valence-corrected chi connectivity index (χ0v) is 14.8. The van der Waals surface area contributed by atoms with Gasteiger partial charge in [-0.25, -0.2) is 4.98 Å². The van der Waals surface area contributed by atoms with Gasteiger partial charge in [0.25, 0.3) is 5.69 Å². The molecule has 0 aliphatic rings. The Kier molecular flexibility index (Phi) is 4.55. The van der Waals surface area contributed by atoms with Crippen LogP contribution in [0.5, 0.6) is 5.88 Å². The Hall–Kier alpha value is -4.00. The smallest absolute Gasteiger partial charge is 0.269 e. The summed E-state index contributed by atoms with van der Waals surface area (Å²) >= 11 is 0. The fourth-order valence-electron chi connectivity index (χ4n) is 3.01. The van der Waals surface area contributed by atoms with Gasteiger partial charge in [-0.2, -0.15) is 9.78 Å². The number of pyridine rings is 1. The normalized spacial score (nSPS) is 10.7. The van der Waals surface area contributed by atoms with Crippen LogP contribution < -0.4 is 0 Å². The zero-order chi connectivity index (χ0) is 19.5. The number of aromatic hydroxyl groups is 1. The van der Waals surface area contributed by atoms with Crippen LogP contribution in [-0.2, 0) is 6.42 Å². The van der Waals surface area contributed by atoms with Crippen molar-refractivity contribution in [3.8, 4) is 23.0 Å². The Bertz CT molecular complexity index is 1110. The lowest BCUT2D eigenvalue weighted by atomic mass is 10.0. The van der Waals surface area contributed by atoms with Gasteiger partial charge in [0, 0.05) is 35.9 Å². The molecule has 0 saturated carbocycles. The molecule has 0 fully saturated rings. The molecule has 7 nitrogen and oxygen atoms in total. The van der Waals surface area contributed by atoms with Crippen LogP contribution in [0.15, 0.2) is 79.0 Å². The second-order valence-electron chi connectivity index (χ2n) is 6.22. The van der Waals surface area contributed by atoms with Gasteiger partial charge in [-0.1, -0.05) is 48.5 Å². The molecule has 0 atom stereocenters. The van der Waals surface area contributed by atoms with Crippen molar-refractivity contribution in [3.05, 3.63) is 100 Å². The summed E-state index contributed by atoms with van der Waals surface area (Å²) in [4.78, 5) is 14.7. The van der Waals surface area contributed by atoms with E-state index in [1.54, 1.807) is 30.5 Å². The first-order chi connectivity index (χ1) is 13.6. The number of rotatable bonds is 5. The Morgan fingerprint density at radius 3 is 2.32 bits per heavy atom. The summed E-state index contributed by atoms with van der Waals surface area (Å²) in [5.41, 5.74) is 3.00. The Morgan fingerprint density at radius 1 is 0.964 bits per heavy atom. The van der Waals surface area contributed by atoms with Crippen LogP contribution in [0.4, 0.5) is 5.69 Å². The van der Waals surface area contributed by atoms with Crippen LogP contribution in [0.3, 0.4) is 0 Å². The fraction of sp³-hybridized carbons (Fsp3) is 0.0476. The Labute approximate surface area is 160 Å². The molecule has 0 bridgehead atoms. The van der Waals surface area contributed by atoms with Gasteiger partial charge < -0.3 is 5.11 Å². The molecule has 4 rings (SSSR count). The first-order valence-corrected chi connectivity index (χ1v) is 8.64. The van der Waals surface area contributed by atoms with Crippen molar-refractivity contribution in [2.45, 2.75) is 6.42 Å². The molecule has 0 spiro atoms. The van der Waals surface area contributed by atoms with Gasteiger partial charge in [-0.3, -0.25) is 10.1 Å². The summed E-state index contributed by atoms with van der Waals surface area (Å²) in [5.74, 6) is 0.503. The second-order valence-corrected chi connectivity index (χ2v) is 6.22. The maximum Gasteiger partial charge on any atom is 0.269 e. The highest BCUT2D eigenvalue weighted by atomic mass is 16.6. The van der Waals surface area contributed by atoms with Crippen LogP contribution in [0.1, 0.15) is 11.1 Å². The SMILES string of the molecule is O=[N+]([O-])c1ccc(Cc2c(-c3ccccc3)nn(-c3ccccn3)c2O)cc1. The molecule has 28 heavy (non-hydrogen) atoms. The van der Waals surface area contributed by atoms with E-state index in [-0.39, 0.29) is 11.6 Å². The average Bonchev–Trinajstić information content (AvgIpc) is 3.06. The van der Waals surface area contributed by atoms with Gasteiger partial charge in [0.05, 0.1) is 4.92 Å². The van der Waals surface area contributed by atoms with E-state index >= 15 is 0 Å². The molecule has 0 saturated heterocycles. The van der Waals surface area contributed by atoms with Gasteiger partial charge in [-0.05, 0) is 17.7 Å². The molecule has 0 aliphatic carbocycles. The average molecular weight is 372 g/mol. The zero-order valence-electron chi connectivity index (χ0n) is 14.8. The molecule has 2 aromatic heterocycles. The third-order valence-electron chi connectivity index (χ3n) is 4.40. The van der Waals surface area contributed by atoms with Gasteiger partial charge >= 0.3 is 0 Å². The highest BCUT2D eigenvalue weighted by Gasteiger charge is 2.20. The largest absolute Gasteiger partial charge is 0.493 e. The van der Waals surface area contributed by atoms with Crippen LogP contribution in [0, 0.1) is 10.1 Å². The highest BCUT2D eigenvalue weighted by Crippen LogP contribution is 2.33. The van der Waals surface area contributed by atoms with E-state index in [1.165, 1.54) is 16.8 Å². The molecule has 0 radical (unpaired) electrons. The van der Waals surface area contributed by atoms with Gasteiger partial charge in [0.2, 0.25) is 5.88 Å². The molecule has 0 amide bonds. The molecule has 2 aromatic carbocycles. The third kappa shape index (κ3) is 3.33. The van der Waals surface area contributed by atoms with Crippen molar-refractivity contribution in [1.29, 1.82) is 0 Å². The minimum Gasteiger partial charge on any atom is -0.493 e. The maximum absolute atomic E-state index is 10.9. The molecule has 0 unspecified atom stereocenters. The van der Waals surface area contributed by atoms with Crippen molar-refractivity contribution >= 4 is 5.69 Å². The lowest BCUT2D eigenvalue weighted by molar-refractivity contribution is -0.384. The van der Waals surface area contributed by atoms with Crippen molar-refractivity contribution < 1.29 is 10.0 Å².